The molecule has 2 heteroatoms. The van der Waals surface area contributed by atoms with Gasteiger partial charge < -0.3 is 0 Å². The first-order valence-corrected chi connectivity index (χ1v) is 9.19. The summed E-state index contributed by atoms with van der Waals surface area (Å²) in [6.07, 6.45) is 1.03. The molecular weight excluding hydrogens is 326 g/mol. The first-order chi connectivity index (χ1) is 12.2. The lowest BCUT2D eigenvalue weighted by Gasteiger charge is -2.47. The zero-order valence-corrected chi connectivity index (χ0v) is 15.2. The van der Waals surface area contributed by atoms with Gasteiger partial charge >= 0.3 is 0 Å². The highest BCUT2D eigenvalue weighted by Crippen LogP contribution is 2.42. The first-order valence-electron chi connectivity index (χ1n) is 8.81. The Hall–Kier alpha value is -2.09. The van der Waals surface area contributed by atoms with Gasteiger partial charge in [-0.1, -0.05) is 78.3 Å². The van der Waals surface area contributed by atoms with Crippen LogP contribution < -0.4 is 0 Å². The van der Waals surface area contributed by atoms with Crippen molar-refractivity contribution in [2.45, 2.75) is 25.4 Å². The van der Waals surface area contributed by atoms with E-state index in [0.29, 0.717) is 0 Å². The molecule has 1 heterocycles. The number of halogens is 1. The molecule has 0 fully saturated rings. The normalized spacial score (nSPS) is 20.2. The third-order valence-electron chi connectivity index (χ3n) is 5.43. The maximum absolute atomic E-state index is 6.27. The highest BCUT2D eigenvalue weighted by Gasteiger charge is 2.39. The lowest BCUT2D eigenvalue weighted by Crippen LogP contribution is -2.48. The zero-order valence-electron chi connectivity index (χ0n) is 14.5. The molecule has 1 nitrogen and oxygen atoms in total. The maximum Gasteiger partial charge on any atom is 0.0692 e. The number of hydrogen-bond acceptors (Lipinski definition) is 1. The molecule has 0 saturated carbocycles. The molecule has 3 aromatic rings. The van der Waals surface area contributed by atoms with Crippen molar-refractivity contribution in [1.82, 2.24) is 4.90 Å². The fraction of sp³-hybridized carbons (Fsp3) is 0.217. The molecule has 0 amide bonds. The fourth-order valence-corrected chi connectivity index (χ4v) is 4.23. The predicted octanol–water partition coefficient (Wildman–Crippen LogP) is 5.66. The summed E-state index contributed by atoms with van der Waals surface area (Å²) >= 11 is 6.27. The summed E-state index contributed by atoms with van der Waals surface area (Å²) in [5, 5.41) is 0.825. The monoisotopic (exact) mass is 347 g/mol. The maximum atomic E-state index is 6.27. The van der Waals surface area contributed by atoms with Crippen LogP contribution >= 0.6 is 11.6 Å². The number of fused-ring (bicyclic) bond motifs is 1. The molecule has 0 N–H and O–H groups in total. The molecule has 0 spiro atoms. The van der Waals surface area contributed by atoms with Crippen LogP contribution in [0, 0.1) is 0 Å². The van der Waals surface area contributed by atoms with E-state index in [1.54, 1.807) is 0 Å². The van der Waals surface area contributed by atoms with Crippen LogP contribution in [0.25, 0.3) is 0 Å². The van der Waals surface area contributed by atoms with Gasteiger partial charge in [0, 0.05) is 18.1 Å². The van der Waals surface area contributed by atoms with Gasteiger partial charge in [-0.2, -0.15) is 0 Å². The third kappa shape index (κ3) is 2.99. The zero-order chi connectivity index (χ0) is 17.3. The van der Waals surface area contributed by atoms with E-state index in [1.807, 2.05) is 6.07 Å². The largest absolute Gasteiger partial charge is 0.285 e. The topological polar surface area (TPSA) is 3.24 Å². The molecule has 25 heavy (non-hydrogen) atoms. The summed E-state index contributed by atoms with van der Waals surface area (Å²) in [7, 11) is 0. The minimum atomic E-state index is -0.157. The van der Waals surface area contributed by atoms with Crippen molar-refractivity contribution in [3.63, 3.8) is 0 Å². The summed E-state index contributed by atoms with van der Waals surface area (Å²) in [6.45, 7) is 4.30. The van der Waals surface area contributed by atoms with Gasteiger partial charge in [0.05, 0.1) is 5.54 Å². The number of hydrogen-bond donors (Lipinski definition) is 0. The summed E-state index contributed by atoms with van der Waals surface area (Å²) in [4.78, 5) is 2.59. The Kier molecular flexibility index (Phi) is 4.37. The molecule has 1 aliphatic rings. The molecule has 4 rings (SSSR count). The van der Waals surface area contributed by atoms with Crippen molar-refractivity contribution < 1.29 is 0 Å². The van der Waals surface area contributed by atoms with Crippen molar-refractivity contribution in [3.05, 3.63) is 106 Å². The number of nitrogens with zero attached hydrogens (tertiary/aromatic N) is 1. The van der Waals surface area contributed by atoms with Crippen LogP contribution in [0.15, 0.2) is 78.9 Å². The molecule has 126 valence electrons. The quantitative estimate of drug-likeness (QED) is 0.590. The Bertz CT molecular complexity index is 860. The average Bonchev–Trinajstić information content (AvgIpc) is 2.65. The molecule has 0 aliphatic carbocycles. The lowest BCUT2D eigenvalue weighted by molar-refractivity contribution is 0.117. The highest BCUT2D eigenvalue weighted by atomic mass is 35.5. The minimum absolute atomic E-state index is 0.157. The van der Waals surface area contributed by atoms with E-state index in [9.17, 15) is 0 Å². The van der Waals surface area contributed by atoms with Crippen molar-refractivity contribution in [2.75, 3.05) is 6.54 Å². The summed E-state index contributed by atoms with van der Waals surface area (Å²) < 4.78 is 0. The van der Waals surface area contributed by atoms with Gasteiger partial charge in [-0.15, -0.1) is 0 Å². The van der Waals surface area contributed by atoms with E-state index >= 15 is 0 Å². The van der Waals surface area contributed by atoms with Crippen molar-refractivity contribution >= 4 is 11.6 Å². The van der Waals surface area contributed by atoms with Gasteiger partial charge in [-0.25, -0.2) is 0 Å². The van der Waals surface area contributed by atoms with Crippen molar-refractivity contribution in [1.29, 1.82) is 0 Å². The van der Waals surface area contributed by atoms with E-state index in [4.69, 9.17) is 11.6 Å². The molecule has 1 unspecified atom stereocenters. The average molecular weight is 348 g/mol. The molecule has 0 aromatic heterocycles. The molecule has 3 aromatic carbocycles. The van der Waals surface area contributed by atoms with Crippen LogP contribution in [-0.4, -0.2) is 11.4 Å². The molecule has 0 saturated heterocycles. The second-order valence-corrected chi connectivity index (χ2v) is 7.33. The van der Waals surface area contributed by atoms with Gasteiger partial charge in [0.25, 0.3) is 0 Å². The first kappa shape index (κ1) is 16.4. The van der Waals surface area contributed by atoms with Gasteiger partial charge in [-0.3, -0.25) is 4.90 Å². The van der Waals surface area contributed by atoms with Crippen LogP contribution in [0.2, 0.25) is 5.02 Å². The van der Waals surface area contributed by atoms with Crippen LogP contribution in [-0.2, 0) is 18.5 Å². The smallest absolute Gasteiger partial charge is 0.0692 e. The van der Waals surface area contributed by atoms with Gasteiger partial charge in [0.1, 0.15) is 0 Å². The molecule has 1 aliphatic heterocycles. The minimum Gasteiger partial charge on any atom is -0.285 e. The van der Waals surface area contributed by atoms with Gasteiger partial charge in [0.15, 0.2) is 0 Å². The summed E-state index contributed by atoms with van der Waals surface area (Å²) in [6, 6.07) is 27.9. The van der Waals surface area contributed by atoms with E-state index in [1.165, 1.54) is 22.3 Å². The molecule has 0 bridgehead atoms. The lowest BCUT2D eigenvalue weighted by atomic mass is 9.77. The Morgan fingerprint density at radius 2 is 1.60 bits per heavy atom. The summed E-state index contributed by atoms with van der Waals surface area (Å²) in [5.41, 5.74) is 5.25. The van der Waals surface area contributed by atoms with Gasteiger partial charge in [-0.05, 0) is 47.7 Å². The highest BCUT2D eigenvalue weighted by molar-refractivity contribution is 6.30. The Labute approximate surface area is 154 Å². The van der Waals surface area contributed by atoms with E-state index < -0.39 is 0 Å². The standard InChI is InChI=1S/C23H22ClN/c1-23(20-10-6-3-7-11-20)22-13-12-21(24)16-19(22)14-15-25(23)17-18-8-4-2-5-9-18/h2-13,16H,14-15,17H2,1H3. The second kappa shape index (κ2) is 6.67. The SMILES string of the molecule is CC1(c2ccccc2)c2ccc(Cl)cc2CCN1Cc1ccccc1. The molecule has 0 radical (unpaired) electrons. The predicted molar refractivity (Wildman–Crippen MR) is 105 cm³/mol. The Morgan fingerprint density at radius 1 is 0.920 bits per heavy atom. The Morgan fingerprint density at radius 3 is 2.32 bits per heavy atom. The van der Waals surface area contributed by atoms with E-state index in [2.05, 4.69) is 84.6 Å². The van der Waals surface area contributed by atoms with Crippen LogP contribution in [0.5, 0.6) is 0 Å². The van der Waals surface area contributed by atoms with Crippen LogP contribution in [0.1, 0.15) is 29.2 Å². The van der Waals surface area contributed by atoms with E-state index in [-0.39, 0.29) is 5.54 Å². The van der Waals surface area contributed by atoms with Crippen LogP contribution in [0.4, 0.5) is 0 Å². The van der Waals surface area contributed by atoms with Crippen molar-refractivity contribution in [2.24, 2.45) is 0 Å². The fourth-order valence-electron chi connectivity index (χ4n) is 4.04. The van der Waals surface area contributed by atoms with Crippen molar-refractivity contribution in [3.8, 4) is 0 Å². The second-order valence-electron chi connectivity index (χ2n) is 6.90. The molecular formula is C23H22ClN. The molecule has 1 atom stereocenters. The third-order valence-corrected chi connectivity index (χ3v) is 5.66. The summed E-state index contributed by atoms with van der Waals surface area (Å²) in [5.74, 6) is 0. The van der Waals surface area contributed by atoms with Crippen LogP contribution in [0.3, 0.4) is 0 Å². The number of benzene rings is 3. The Balaban J connectivity index is 1.83. The number of rotatable bonds is 3. The van der Waals surface area contributed by atoms with Gasteiger partial charge in [0.2, 0.25) is 0 Å². The van der Waals surface area contributed by atoms with E-state index in [0.717, 1.165) is 24.5 Å².